The van der Waals surface area contributed by atoms with Gasteiger partial charge in [-0.15, -0.1) is 0 Å². The van der Waals surface area contributed by atoms with E-state index in [0.717, 1.165) is 30.5 Å². The Morgan fingerprint density at radius 1 is 1.29 bits per heavy atom. The minimum absolute atomic E-state index is 0.0415. The van der Waals surface area contributed by atoms with Crippen molar-refractivity contribution >= 4 is 22.9 Å². The van der Waals surface area contributed by atoms with Crippen LogP contribution >= 0.6 is 0 Å². The first-order valence-electron chi connectivity index (χ1n) is 9.56. The first kappa shape index (κ1) is 17.7. The fourth-order valence-corrected chi connectivity index (χ4v) is 5.50. The van der Waals surface area contributed by atoms with E-state index >= 15 is 0 Å². The van der Waals surface area contributed by atoms with Crippen LogP contribution < -0.4 is 10.2 Å². The summed E-state index contributed by atoms with van der Waals surface area (Å²) < 4.78 is 12.5. The van der Waals surface area contributed by atoms with E-state index in [0.29, 0.717) is 47.5 Å². The molecule has 0 bridgehead atoms. The van der Waals surface area contributed by atoms with Crippen LogP contribution in [-0.2, 0) is 30.7 Å². The Morgan fingerprint density at radius 2 is 2.11 bits per heavy atom. The molecule has 5 rings (SSSR count). The molecule has 8 heteroatoms. The summed E-state index contributed by atoms with van der Waals surface area (Å²) in [6.07, 6.45) is 3.52. The summed E-state index contributed by atoms with van der Waals surface area (Å²) in [7, 11) is 0. The number of benzene rings is 1. The smallest absolute Gasteiger partial charge is 0.228 e. The minimum Gasteiger partial charge on any atom is -0.611 e. The van der Waals surface area contributed by atoms with Gasteiger partial charge < -0.3 is 19.9 Å². The van der Waals surface area contributed by atoms with Crippen LogP contribution in [0.25, 0.3) is 0 Å². The number of nitrogens with one attached hydrogen (secondary N) is 1. The van der Waals surface area contributed by atoms with Crippen molar-refractivity contribution in [2.45, 2.75) is 49.2 Å². The second-order valence-electron chi connectivity index (χ2n) is 7.82. The first-order valence-corrected chi connectivity index (χ1v) is 10.9. The molecule has 7 nitrogen and oxygen atoms in total. The molecule has 1 aromatic heterocycles. The van der Waals surface area contributed by atoms with Crippen molar-refractivity contribution in [1.29, 1.82) is 5.26 Å². The van der Waals surface area contributed by atoms with Crippen molar-refractivity contribution in [2.24, 2.45) is 0 Å². The molecule has 1 aliphatic carbocycles. The molecular weight excluding hydrogens is 374 g/mol. The Labute approximate surface area is 166 Å². The van der Waals surface area contributed by atoms with Crippen LogP contribution in [0.3, 0.4) is 0 Å². The number of nitrogens with zero attached hydrogens (tertiary/aromatic N) is 4. The second kappa shape index (κ2) is 6.62. The molecule has 1 fully saturated rings. The molecule has 1 saturated carbocycles. The van der Waals surface area contributed by atoms with Crippen molar-refractivity contribution in [3.8, 4) is 6.07 Å². The van der Waals surface area contributed by atoms with E-state index in [4.69, 9.17) is 15.2 Å². The molecule has 0 amide bonds. The molecular formula is C20H21N5O2S. The Morgan fingerprint density at radius 3 is 2.82 bits per heavy atom. The number of aryl methyl sites for hydroxylation is 1. The largest absolute Gasteiger partial charge is 0.611 e. The minimum atomic E-state index is -1.10. The maximum absolute atomic E-state index is 12.5. The summed E-state index contributed by atoms with van der Waals surface area (Å²) in [5.41, 5.74) is 3.43. The average Bonchev–Trinajstić information content (AvgIpc) is 3.27. The van der Waals surface area contributed by atoms with Crippen LogP contribution in [0.15, 0.2) is 23.1 Å². The van der Waals surface area contributed by atoms with Crippen LogP contribution in [0, 0.1) is 11.3 Å². The highest BCUT2D eigenvalue weighted by molar-refractivity contribution is 7.91. The maximum atomic E-state index is 12.5. The number of aliphatic hydroxyl groups is 1. The molecule has 3 heterocycles. The lowest BCUT2D eigenvalue weighted by atomic mass is 9.77. The zero-order valence-electron chi connectivity index (χ0n) is 15.4. The number of fused-ring (bicyclic) bond motifs is 2. The van der Waals surface area contributed by atoms with Gasteiger partial charge in [-0.05, 0) is 53.7 Å². The summed E-state index contributed by atoms with van der Waals surface area (Å²) in [6.45, 7) is 1.38. The standard InChI is InChI=1S/C20H21N5O2S/c21-9-13-2-3-14-10-25(11-15(14)8-13)19-22-16-4-7-28(27)17(16)18(23-19)24-20(12-26)5-1-6-20/h2-3,8,26H,1,4-7,10-12H2,(H,22,23,24)/t28-/m1/s1. The zero-order chi connectivity index (χ0) is 19.3. The molecule has 28 heavy (non-hydrogen) atoms. The van der Waals surface area contributed by atoms with Crippen molar-refractivity contribution in [3.05, 3.63) is 40.6 Å². The summed E-state index contributed by atoms with van der Waals surface area (Å²) in [5, 5.41) is 22.4. The lowest BCUT2D eigenvalue weighted by molar-refractivity contribution is 0.143. The van der Waals surface area contributed by atoms with E-state index in [9.17, 15) is 9.66 Å². The number of rotatable bonds is 4. The van der Waals surface area contributed by atoms with E-state index in [-0.39, 0.29) is 12.1 Å². The highest BCUT2D eigenvalue weighted by atomic mass is 32.2. The molecule has 0 radical (unpaired) electrons. The van der Waals surface area contributed by atoms with Crippen molar-refractivity contribution in [2.75, 3.05) is 22.6 Å². The monoisotopic (exact) mass is 395 g/mol. The van der Waals surface area contributed by atoms with Crippen molar-refractivity contribution in [3.63, 3.8) is 0 Å². The number of aromatic nitrogens is 2. The SMILES string of the molecule is N#Cc1ccc2c(c1)CN(c1nc3c(c(NC4(CO)CCC4)n1)[S@+]([O-])CC3)C2. The van der Waals surface area contributed by atoms with E-state index in [1.165, 1.54) is 5.56 Å². The van der Waals surface area contributed by atoms with Gasteiger partial charge in [0.15, 0.2) is 5.82 Å². The van der Waals surface area contributed by atoms with Gasteiger partial charge in [0.25, 0.3) is 0 Å². The zero-order valence-corrected chi connectivity index (χ0v) is 16.3. The lowest BCUT2D eigenvalue weighted by Crippen LogP contribution is -2.48. The third-order valence-electron chi connectivity index (χ3n) is 6.01. The van der Waals surface area contributed by atoms with Gasteiger partial charge in [-0.3, -0.25) is 0 Å². The molecule has 1 aromatic carbocycles. The molecule has 144 valence electrons. The van der Waals surface area contributed by atoms with Gasteiger partial charge in [-0.1, -0.05) is 6.07 Å². The van der Waals surface area contributed by atoms with Gasteiger partial charge in [0.05, 0.1) is 23.8 Å². The first-order chi connectivity index (χ1) is 13.6. The van der Waals surface area contributed by atoms with Crippen molar-refractivity contribution in [1.82, 2.24) is 9.97 Å². The quantitative estimate of drug-likeness (QED) is 0.761. The Kier molecular flexibility index (Phi) is 4.19. The van der Waals surface area contributed by atoms with Crippen LogP contribution in [-0.4, -0.2) is 37.5 Å². The molecule has 0 spiro atoms. The van der Waals surface area contributed by atoms with Gasteiger partial charge in [0, 0.05) is 19.5 Å². The van der Waals surface area contributed by atoms with Crippen LogP contribution in [0.5, 0.6) is 0 Å². The molecule has 2 aliphatic heterocycles. The van der Waals surface area contributed by atoms with Crippen molar-refractivity contribution < 1.29 is 9.66 Å². The lowest BCUT2D eigenvalue weighted by Gasteiger charge is -2.41. The third kappa shape index (κ3) is 2.82. The van der Waals surface area contributed by atoms with E-state index in [1.807, 2.05) is 18.2 Å². The highest BCUT2D eigenvalue weighted by Gasteiger charge is 2.41. The fourth-order valence-electron chi connectivity index (χ4n) is 4.19. The Balaban J connectivity index is 1.49. The van der Waals surface area contributed by atoms with Gasteiger partial charge in [0.1, 0.15) is 11.4 Å². The van der Waals surface area contributed by atoms with Crippen LogP contribution in [0.2, 0.25) is 0 Å². The Hall–Kier alpha value is -2.34. The van der Waals surface area contributed by atoms with Gasteiger partial charge in [-0.25, -0.2) is 4.98 Å². The van der Waals surface area contributed by atoms with Crippen LogP contribution in [0.4, 0.5) is 11.8 Å². The predicted octanol–water partition coefficient (Wildman–Crippen LogP) is 1.86. The topological polar surface area (TPSA) is 108 Å². The summed E-state index contributed by atoms with van der Waals surface area (Å²) in [6, 6.07) is 7.94. The number of hydrogen-bond acceptors (Lipinski definition) is 7. The van der Waals surface area contributed by atoms with E-state index < -0.39 is 11.2 Å². The number of aliphatic hydroxyl groups excluding tert-OH is 1. The van der Waals surface area contributed by atoms with Gasteiger partial charge in [-0.2, -0.15) is 10.2 Å². The van der Waals surface area contributed by atoms with Gasteiger partial charge in [0.2, 0.25) is 10.8 Å². The van der Waals surface area contributed by atoms with Crippen LogP contribution in [0.1, 0.15) is 41.6 Å². The number of hydrogen-bond donors (Lipinski definition) is 2. The fraction of sp³-hybridized carbons (Fsp3) is 0.450. The molecule has 2 N–H and O–H groups in total. The predicted molar refractivity (Wildman–Crippen MR) is 105 cm³/mol. The molecule has 0 saturated heterocycles. The Bertz CT molecular complexity index is 980. The molecule has 0 unspecified atom stereocenters. The number of anilines is 2. The van der Waals surface area contributed by atoms with E-state index in [2.05, 4.69) is 16.3 Å². The summed E-state index contributed by atoms with van der Waals surface area (Å²) in [4.78, 5) is 12.3. The number of nitriles is 1. The summed E-state index contributed by atoms with van der Waals surface area (Å²) in [5.74, 6) is 1.79. The maximum Gasteiger partial charge on any atom is 0.228 e. The van der Waals surface area contributed by atoms with E-state index in [1.54, 1.807) is 0 Å². The molecule has 3 aliphatic rings. The molecule has 2 aromatic rings. The third-order valence-corrected chi connectivity index (χ3v) is 7.47. The molecule has 1 atom stereocenters. The second-order valence-corrected chi connectivity index (χ2v) is 9.32. The highest BCUT2D eigenvalue weighted by Crippen LogP contribution is 2.40. The normalized spacial score (nSPS) is 21.6. The average molecular weight is 395 g/mol. The van der Waals surface area contributed by atoms with Gasteiger partial charge >= 0.3 is 0 Å². The summed E-state index contributed by atoms with van der Waals surface area (Å²) >= 11 is -1.10.